The number of hydrogen-bond donors (Lipinski definition) is 1. The van der Waals surface area contributed by atoms with E-state index in [-0.39, 0.29) is 30.6 Å². The molecule has 1 N–H and O–H groups in total. The van der Waals surface area contributed by atoms with E-state index in [1.165, 1.54) is 14.2 Å². The maximum atomic E-state index is 10.4. The van der Waals surface area contributed by atoms with Crippen LogP contribution in [0, 0.1) is 5.92 Å². The van der Waals surface area contributed by atoms with Crippen LogP contribution in [0.3, 0.4) is 0 Å². The van der Waals surface area contributed by atoms with Crippen LogP contribution in [0.25, 0.3) is 0 Å². The quantitative estimate of drug-likeness (QED) is 0.766. The summed E-state index contributed by atoms with van der Waals surface area (Å²) in [5, 5.41) is 10.4. The lowest BCUT2D eigenvalue weighted by atomic mass is 9.78. The molecular formula is C23H29NO6. The first-order chi connectivity index (χ1) is 14.5. The van der Waals surface area contributed by atoms with Crippen molar-refractivity contribution in [2.45, 2.75) is 32.9 Å². The van der Waals surface area contributed by atoms with Gasteiger partial charge in [0.05, 0.1) is 14.2 Å². The minimum atomic E-state index is -0.108. The summed E-state index contributed by atoms with van der Waals surface area (Å²) in [4.78, 5) is 2.31. The molecule has 0 radical (unpaired) electrons. The molecular weight excluding hydrogens is 386 g/mol. The second-order valence-corrected chi connectivity index (χ2v) is 7.58. The molecule has 3 atom stereocenters. The highest BCUT2D eigenvalue weighted by Gasteiger charge is 2.40. The molecule has 7 nitrogen and oxygen atoms in total. The molecule has 0 saturated carbocycles. The average Bonchev–Trinajstić information content (AvgIpc) is 3.21. The molecule has 0 unspecified atom stereocenters. The normalized spacial score (nSPS) is 21.9. The summed E-state index contributed by atoms with van der Waals surface area (Å²) in [6.45, 7) is 8.42. The van der Waals surface area contributed by atoms with E-state index in [4.69, 9.17) is 23.7 Å². The van der Waals surface area contributed by atoms with Gasteiger partial charge in [-0.05, 0) is 36.9 Å². The predicted molar refractivity (Wildman–Crippen MR) is 112 cm³/mol. The highest BCUT2D eigenvalue weighted by atomic mass is 16.7. The zero-order valence-corrected chi connectivity index (χ0v) is 18.1. The maximum Gasteiger partial charge on any atom is 0.231 e. The number of nitrogens with zero attached hydrogens (tertiary/aromatic N) is 1. The number of hydrogen-bond acceptors (Lipinski definition) is 7. The number of ether oxygens (including phenoxy) is 5. The summed E-state index contributed by atoms with van der Waals surface area (Å²) in [6.07, 6.45) is -0.108. The van der Waals surface area contributed by atoms with Gasteiger partial charge in [0.25, 0.3) is 0 Å². The van der Waals surface area contributed by atoms with Crippen molar-refractivity contribution in [3.63, 3.8) is 0 Å². The van der Waals surface area contributed by atoms with E-state index in [0.717, 1.165) is 30.0 Å². The summed E-state index contributed by atoms with van der Waals surface area (Å²) in [5.74, 6) is 3.05. The van der Waals surface area contributed by atoms with E-state index < -0.39 is 0 Å². The molecule has 0 aliphatic carbocycles. The van der Waals surface area contributed by atoms with Gasteiger partial charge in [-0.3, -0.25) is 4.90 Å². The first-order valence-corrected chi connectivity index (χ1v) is 10.3. The number of rotatable bonds is 6. The minimum absolute atomic E-state index is 0.00494. The number of phenols is 1. The minimum Gasteiger partial charge on any atom is -0.502 e. The summed E-state index contributed by atoms with van der Waals surface area (Å²) >= 11 is 0. The van der Waals surface area contributed by atoms with E-state index >= 15 is 0 Å². The molecule has 0 aromatic heterocycles. The number of phenolic OH excluding ortho intramolecular Hbond substituents is 1. The Hall–Kier alpha value is -2.80. The van der Waals surface area contributed by atoms with Gasteiger partial charge >= 0.3 is 0 Å². The Bertz CT molecular complexity index is 901. The summed E-state index contributed by atoms with van der Waals surface area (Å²) in [7, 11) is 3.08. The number of methoxy groups -OCH3 is 2. The Morgan fingerprint density at radius 2 is 1.57 bits per heavy atom. The third-order valence-corrected chi connectivity index (χ3v) is 6.10. The fourth-order valence-corrected chi connectivity index (χ4v) is 4.54. The molecule has 2 aromatic carbocycles. The first kappa shape index (κ1) is 20.5. The van der Waals surface area contributed by atoms with Crippen LogP contribution in [0.4, 0.5) is 0 Å². The van der Waals surface area contributed by atoms with Gasteiger partial charge in [-0.15, -0.1) is 0 Å². The lowest BCUT2D eigenvalue weighted by Gasteiger charge is -2.43. The van der Waals surface area contributed by atoms with E-state index in [1.807, 2.05) is 24.3 Å². The Morgan fingerprint density at radius 3 is 2.13 bits per heavy atom. The van der Waals surface area contributed by atoms with Crippen molar-refractivity contribution < 1.29 is 28.8 Å². The number of aromatic hydroxyl groups is 1. The highest BCUT2D eigenvalue weighted by molar-refractivity contribution is 5.59. The molecule has 7 heteroatoms. The number of benzene rings is 2. The van der Waals surface area contributed by atoms with Crippen molar-refractivity contribution in [2.75, 3.05) is 34.1 Å². The monoisotopic (exact) mass is 415 g/mol. The fraction of sp³-hybridized carbons (Fsp3) is 0.478. The van der Waals surface area contributed by atoms with Crippen LogP contribution >= 0.6 is 0 Å². The molecule has 2 aromatic rings. The topological polar surface area (TPSA) is 69.6 Å². The Kier molecular flexibility index (Phi) is 5.56. The lowest BCUT2D eigenvalue weighted by Crippen LogP contribution is -2.48. The highest BCUT2D eigenvalue weighted by Crippen LogP contribution is 2.51. The van der Waals surface area contributed by atoms with Crippen molar-refractivity contribution >= 4 is 0 Å². The molecule has 2 aliphatic rings. The lowest BCUT2D eigenvalue weighted by molar-refractivity contribution is -0.0257. The molecule has 0 spiro atoms. The summed E-state index contributed by atoms with van der Waals surface area (Å²) in [6, 6.07) is 7.67. The van der Waals surface area contributed by atoms with Crippen molar-refractivity contribution in [3.05, 3.63) is 35.4 Å². The molecule has 4 rings (SSSR count). The van der Waals surface area contributed by atoms with Crippen LogP contribution in [0.1, 0.15) is 37.8 Å². The Balaban J connectivity index is 1.89. The van der Waals surface area contributed by atoms with Gasteiger partial charge in [-0.2, -0.15) is 0 Å². The molecule has 162 valence electrons. The van der Waals surface area contributed by atoms with E-state index in [0.29, 0.717) is 23.0 Å². The SMILES string of the molecule is CCN(CC)[C@@H]1Oc2cc3c(cc2[C@@H](c2cc(OC)c(O)c(OC)c2)[C@@H]1C)OCO3. The van der Waals surface area contributed by atoms with Gasteiger partial charge in [-0.1, -0.05) is 20.8 Å². The molecule has 2 aliphatic heterocycles. The van der Waals surface area contributed by atoms with Gasteiger partial charge in [0.2, 0.25) is 12.5 Å². The molecule has 0 fully saturated rings. The fourth-order valence-electron chi connectivity index (χ4n) is 4.54. The molecule has 2 heterocycles. The van der Waals surface area contributed by atoms with E-state index in [9.17, 15) is 5.11 Å². The zero-order chi connectivity index (χ0) is 21.4. The predicted octanol–water partition coefficient (Wildman–Crippen LogP) is 3.97. The van der Waals surface area contributed by atoms with Crippen LogP contribution in [0.2, 0.25) is 0 Å². The molecule has 30 heavy (non-hydrogen) atoms. The summed E-state index contributed by atoms with van der Waals surface area (Å²) in [5.41, 5.74) is 2.00. The largest absolute Gasteiger partial charge is 0.502 e. The van der Waals surface area contributed by atoms with E-state index in [1.54, 1.807) is 0 Å². The third kappa shape index (κ3) is 3.27. The van der Waals surface area contributed by atoms with Crippen molar-refractivity contribution in [1.82, 2.24) is 4.90 Å². The smallest absolute Gasteiger partial charge is 0.231 e. The second-order valence-electron chi connectivity index (χ2n) is 7.58. The van der Waals surface area contributed by atoms with Crippen LogP contribution < -0.4 is 23.7 Å². The van der Waals surface area contributed by atoms with Crippen LogP contribution in [0.15, 0.2) is 24.3 Å². The first-order valence-electron chi connectivity index (χ1n) is 10.3. The maximum absolute atomic E-state index is 10.4. The zero-order valence-electron chi connectivity index (χ0n) is 18.1. The van der Waals surface area contributed by atoms with Crippen molar-refractivity contribution in [2.24, 2.45) is 5.92 Å². The Morgan fingerprint density at radius 1 is 0.967 bits per heavy atom. The van der Waals surface area contributed by atoms with Crippen LogP contribution in [-0.4, -0.2) is 50.3 Å². The number of fused-ring (bicyclic) bond motifs is 2. The van der Waals surface area contributed by atoms with Gasteiger partial charge in [0, 0.05) is 23.5 Å². The van der Waals surface area contributed by atoms with Gasteiger partial charge < -0.3 is 28.8 Å². The molecule has 0 saturated heterocycles. The van der Waals surface area contributed by atoms with E-state index in [2.05, 4.69) is 25.7 Å². The molecule has 0 amide bonds. The van der Waals surface area contributed by atoms with Gasteiger partial charge in [0.1, 0.15) is 5.75 Å². The van der Waals surface area contributed by atoms with Crippen molar-refractivity contribution in [3.8, 4) is 34.5 Å². The van der Waals surface area contributed by atoms with Crippen molar-refractivity contribution in [1.29, 1.82) is 0 Å². The van der Waals surface area contributed by atoms with Gasteiger partial charge in [-0.25, -0.2) is 0 Å². The Labute approximate surface area is 177 Å². The summed E-state index contributed by atoms with van der Waals surface area (Å²) < 4.78 is 28.5. The standard InChI is InChI=1S/C23H29NO6/c1-6-24(7-2)23-13(3)21(14-8-19(26-4)22(25)20(9-14)27-5)15-10-17-18(29-12-28-17)11-16(15)30-23/h8-11,13,21,23,25H,6-7,12H2,1-5H3/t13-,21+,23+/m0/s1. The second kappa shape index (κ2) is 8.14. The third-order valence-electron chi connectivity index (χ3n) is 6.10. The van der Waals surface area contributed by atoms with Crippen LogP contribution in [0.5, 0.6) is 34.5 Å². The van der Waals surface area contributed by atoms with Gasteiger partial charge in [0.15, 0.2) is 29.2 Å². The van der Waals surface area contributed by atoms with Crippen LogP contribution in [-0.2, 0) is 0 Å². The molecule has 0 bridgehead atoms. The average molecular weight is 415 g/mol.